The van der Waals surface area contributed by atoms with Crippen molar-refractivity contribution in [3.8, 4) is 0 Å². The molecule has 1 unspecified atom stereocenters. The van der Waals surface area contributed by atoms with E-state index in [-0.39, 0.29) is 22.9 Å². The number of amides is 1. The van der Waals surface area contributed by atoms with Gasteiger partial charge in [0.05, 0.1) is 22.3 Å². The number of H-pyrrole nitrogens is 1. The van der Waals surface area contributed by atoms with Gasteiger partial charge in [-0.05, 0) is 43.7 Å². The van der Waals surface area contributed by atoms with Crippen molar-refractivity contribution >= 4 is 22.5 Å². The van der Waals surface area contributed by atoms with Crippen molar-refractivity contribution in [2.75, 3.05) is 31.6 Å². The average Bonchev–Trinajstić information content (AvgIpc) is 2.77. The first kappa shape index (κ1) is 22.7. The van der Waals surface area contributed by atoms with Crippen LogP contribution in [0.2, 0.25) is 0 Å². The molecule has 9 nitrogen and oxygen atoms in total. The van der Waals surface area contributed by atoms with E-state index in [0.29, 0.717) is 17.8 Å². The second kappa shape index (κ2) is 8.78. The van der Waals surface area contributed by atoms with Crippen LogP contribution < -0.4 is 21.5 Å². The first-order valence-corrected chi connectivity index (χ1v) is 10.8. The van der Waals surface area contributed by atoms with Crippen LogP contribution in [0.4, 0.5) is 10.1 Å². The fraction of sp³-hybridized carbons (Fsp3) is 0.391. The number of benzene rings is 1. The van der Waals surface area contributed by atoms with Gasteiger partial charge in [0.25, 0.3) is 11.5 Å². The number of aromatic nitrogens is 3. The van der Waals surface area contributed by atoms with Gasteiger partial charge in [0.1, 0.15) is 11.5 Å². The monoisotopic (exact) mass is 454 g/mol. The summed E-state index contributed by atoms with van der Waals surface area (Å²) in [5.41, 5.74) is 1.85. The highest BCUT2D eigenvalue weighted by atomic mass is 19.1. The van der Waals surface area contributed by atoms with Crippen LogP contribution in [-0.4, -0.2) is 58.1 Å². The highest BCUT2D eigenvalue weighted by Gasteiger charge is 2.26. The molecule has 1 aliphatic heterocycles. The summed E-state index contributed by atoms with van der Waals surface area (Å²) in [6, 6.07) is 6.86. The van der Waals surface area contributed by atoms with Gasteiger partial charge in [0.2, 0.25) is 0 Å². The van der Waals surface area contributed by atoms with E-state index in [1.807, 2.05) is 13.0 Å². The highest BCUT2D eigenvalue weighted by molar-refractivity contribution is 5.92. The van der Waals surface area contributed by atoms with Crippen molar-refractivity contribution in [3.63, 3.8) is 0 Å². The Morgan fingerprint density at radius 1 is 1.27 bits per heavy atom. The molecule has 2 aromatic heterocycles. The van der Waals surface area contributed by atoms with Crippen molar-refractivity contribution in [2.45, 2.75) is 26.4 Å². The largest absolute Gasteiger partial charge is 0.365 e. The third-order valence-corrected chi connectivity index (χ3v) is 6.16. The van der Waals surface area contributed by atoms with Crippen molar-refractivity contribution in [1.29, 1.82) is 0 Å². The first-order valence-electron chi connectivity index (χ1n) is 10.8. The predicted molar refractivity (Wildman–Crippen MR) is 124 cm³/mol. The second-order valence-electron chi connectivity index (χ2n) is 8.45. The number of anilines is 1. The molecule has 174 valence electrons. The van der Waals surface area contributed by atoms with Gasteiger partial charge < -0.3 is 15.2 Å². The second-order valence-corrected chi connectivity index (χ2v) is 8.45. The van der Waals surface area contributed by atoms with E-state index in [4.69, 9.17) is 0 Å². The minimum atomic E-state index is -0.647. The summed E-state index contributed by atoms with van der Waals surface area (Å²) in [4.78, 5) is 47.5. The Bertz CT molecular complexity index is 1350. The number of nitrogens with one attached hydrogen (secondary N) is 2. The van der Waals surface area contributed by atoms with Crippen LogP contribution in [0.3, 0.4) is 0 Å². The number of pyridine rings is 1. The summed E-state index contributed by atoms with van der Waals surface area (Å²) < 4.78 is 15.6. The SMILES string of the molecule is CNC(=O)c1ccc(N2CCN(Cc3cc(F)c4c(=O)n(C)c(=O)[nH]c4c3)CC2C)c(C)n1. The van der Waals surface area contributed by atoms with Crippen molar-refractivity contribution in [3.05, 3.63) is 67.9 Å². The summed E-state index contributed by atoms with van der Waals surface area (Å²) in [5.74, 6) is -0.853. The lowest BCUT2D eigenvalue weighted by atomic mass is 10.1. The maximum absolute atomic E-state index is 14.7. The molecule has 0 spiro atoms. The van der Waals surface area contributed by atoms with Gasteiger partial charge in [-0.25, -0.2) is 14.2 Å². The van der Waals surface area contributed by atoms with E-state index in [1.54, 1.807) is 19.2 Å². The van der Waals surface area contributed by atoms with Crippen LogP contribution in [0.15, 0.2) is 33.9 Å². The standard InChI is InChI=1S/C23H27FN6O3/c1-13-11-29(7-8-30(13)19-6-5-17(21(31)25-3)26-14(19)2)12-15-9-16(24)20-18(10-15)27-23(33)28(4)22(20)32/h5-6,9-10,13H,7-8,11-12H2,1-4H3,(H,25,31)(H,27,33). The maximum Gasteiger partial charge on any atom is 0.328 e. The van der Waals surface area contributed by atoms with Gasteiger partial charge in [-0.3, -0.25) is 19.1 Å². The predicted octanol–water partition coefficient (Wildman–Crippen LogP) is 1.14. The molecule has 1 amide bonds. The zero-order chi connectivity index (χ0) is 23.9. The van der Waals surface area contributed by atoms with Crippen LogP contribution in [0.1, 0.15) is 28.7 Å². The Hall–Kier alpha value is -3.53. The minimum absolute atomic E-state index is 0.109. The molecule has 3 aromatic rings. The zero-order valence-corrected chi connectivity index (χ0v) is 19.1. The molecule has 33 heavy (non-hydrogen) atoms. The van der Waals surface area contributed by atoms with E-state index in [9.17, 15) is 18.8 Å². The van der Waals surface area contributed by atoms with Crippen LogP contribution in [0.25, 0.3) is 10.9 Å². The van der Waals surface area contributed by atoms with Gasteiger partial charge in [0, 0.05) is 46.3 Å². The Morgan fingerprint density at radius 3 is 2.70 bits per heavy atom. The lowest BCUT2D eigenvalue weighted by molar-refractivity contribution is 0.0958. The molecule has 10 heteroatoms. The molecule has 0 aliphatic carbocycles. The van der Waals surface area contributed by atoms with Gasteiger partial charge >= 0.3 is 5.69 Å². The Kier molecular flexibility index (Phi) is 6.03. The van der Waals surface area contributed by atoms with Crippen LogP contribution >= 0.6 is 0 Å². The molecule has 3 heterocycles. The minimum Gasteiger partial charge on any atom is -0.365 e. The number of aromatic amines is 1. The first-order chi connectivity index (χ1) is 15.7. The number of halogens is 1. The number of carbonyl (C=O) groups is 1. The summed E-state index contributed by atoms with van der Waals surface area (Å²) >= 11 is 0. The normalized spacial score (nSPS) is 16.9. The van der Waals surface area contributed by atoms with Gasteiger partial charge in [-0.1, -0.05) is 0 Å². The molecule has 1 aromatic carbocycles. The van der Waals surface area contributed by atoms with E-state index in [1.165, 1.54) is 13.1 Å². The van der Waals surface area contributed by atoms with Crippen molar-refractivity contribution < 1.29 is 9.18 Å². The number of hydrogen-bond donors (Lipinski definition) is 2. The van der Waals surface area contributed by atoms with Crippen LogP contribution in [0.5, 0.6) is 0 Å². The lowest BCUT2D eigenvalue weighted by Crippen LogP contribution is -2.51. The molecule has 0 bridgehead atoms. The van der Waals surface area contributed by atoms with E-state index in [2.05, 4.69) is 32.0 Å². The summed E-state index contributed by atoms with van der Waals surface area (Å²) in [7, 11) is 2.89. The molecule has 1 fully saturated rings. The number of rotatable bonds is 4. The fourth-order valence-corrected chi connectivity index (χ4v) is 4.43. The Balaban J connectivity index is 1.51. The van der Waals surface area contributed by atoms with E-state index in [0.717, 1.165) is 35.6 Å². The summed E-state index contributed by atoms with van der Waals surface area (Å²) in [5, 5.41) is 2.47. The van der Waals surface area contributed by atoms with Gasteiger partial charge in [-0.15, -0.1) is 0 Å². The summed E-state index contributed by atoms with van der Waals surface area (Å²) in [6.45, 7) is 6.73. The maximum atomic E-state index is 14.7. The van der Waals surface area contributed by atoms with E-state index < -0.39 is 17.1 Å². The Labute approximate surface area is 189 Å². The molecule has 0 radical (unpaired) electrons. The third kappa shape index (κ3) is 4.25. The molecule has 1 saturated heterocycles. The van der Waals surface area contributed by atoms with Gasteiger partial charge in [0.15, 0.2) is 0 Å². The van der Waals surface area contributed by atoms with Crippen molar-refractivity contribution in [2.24, 2.45) is 7.05 Å². The molecule has 2 N–H and O–H groups in total. The van der Waals surface area contributed by atoms with Crippen LogP contribution in [0, 0.1) is 12.7 Å². The Morgan fingerprint density at radius 2 is 2.03 bits per heavy atom. The third-order valence-electron chi connectivity index (χ3n) is 6.16. The molecule has 4 rings (SSSR count). The van der Waals surface area contributed by atoms with Crippen LogP contribution in [-0.2, 0) is 13.6 Å². The molecule has 1 aliphatic rings. The number of nitrogens with zero attached hydrogens (tertiary/aromatic N) is 4. The smallest absolute Gasteiger partial charge is 0.328 e. The van der Waals surface area contributed by atoms with E-state index >= 15 is 0 Å². The molecule has 1 atom stereocenters. The highest BCUT2D eigenvalue weighted by Crippen LogP contribution is 2.25. The number of fused-ring (bicyclic) bond motifs is 1. The number of piperazine rings is 1. The summed E-state index contributed by atoms with van der Waals surface area (Å²) in [6.07, 6.45) is 0. The zero-order valence-electron chi connectivity index (χ0n) is 19.1. The fourth-order valence-electron chi connectivity index (χ4n) is 4.43. The quantitative estimate of drug-likeness (QED) is 0.613. The molecule has 0 saturated carbocycles. The molecular weight excluding hydrogens is 427 g/mol. The lowest BCUT2D eigenvalue weighted by Gasteiger charge is -2.41. The van der Waals surface area contributed by atoms with Gasteiger partial charge in [-0.2, -0.15) is 0 Å². The topological polar surface area (TPSA) is 103 Å². The number of hydrogen-bond acceptors (Lipinski definition) is 6. The average molecular weight is 455 g/mol. The van der Waals surface area contributed by atoms with Crippen molar-refractivity contribution in [1.82, 2.24) is 24.8 Å². The molecular formula is C23H27FN6O3. The number of carbonyl (C=O) groups excluding carboxylic acids is 1. The number of aryl methyl sites for hydroxylation is 1.